The van der Waals surface area contributed by atoms with E-state index in [1.54, 1.807) is 45.9 Å². The van der Waals surface area contributed by atoms with Gasteiger partial charge >= 0.3 is 6.09 Å². The van der Waals surface area contributed by atoms with Crippen molar-refractivity contribution in [2.75, 3.05) is 5.32 Å². The Labute approximate surface area is 251 Å². The number of aromatic hydroxyl groups is 1. The van der Waals surface area contributed by atoms with Gasteiger partial charge in [0.1, 0.15) is 23.4 Å². The lowest BCUT2D eigenvalue weighted by Gasteiger charge is -2.35. The second-order valence-corrected chi connectivity index (χ2v) is 12.2. The topological polar surface area (TPSA) is 151 Å². The molecule has 0 aliphatic heterocycles. The van der Waals surface area contributed by atoms with Crippen molar-refractivity contribution in [2.45, 2.75) is 77.6 Å². The van der Waals surface area contributed by atoms with Crippen molar-refractivity contribution in [3.05, 3.63) is 71.8 Å². The van der Waals surface area contributed by atoms with E-state index in [1.807, 2.05) is 43.3 Å². The molecular weight excluding hydrogens is 548 g/mol. The van der Waals surface area contributed by atoms with E-state index < -0.39 is 41.5 Å². The lowest BCUT2D eigenvalue weighted by atomic mass is 9.99. The van der Waals surface area contributed by atoms with Crippen LogP contribution in [-0.4, -0.2) is 51.5 Å². The molecule has 1 aliphatic carbocycles. The number of ether oxygens (including phenoxy) is 1. The third-order valence-corrected chi connectivity index (χ3v) is 7.43. The molecule has 3 aromatic carbocycles. The molecule has 43 heavy (non-hydrogen) atoms. The third kappa shape index (κ3) is 8.03. The third-order valence-electron chi connectivity index (χ3n) is 7.43. The van der Waals surface area contributed by atoms with Crippen molar-refractivity contribution in [1.82, 2.24) is 10.2 Å². The predicted molar refractivity (Wildman–Crippen MR) is 164 cm³/mol. The number of phenolic OH excluding ortho intramolecular Hbond substituents is 1. The molecule has 0 bridgehead atoms. The van der Waals surface area contributed by atoms with Crippen molar-refractivity contribution in [2.24, 2.45) is 11.7 Å². The number of phenols is 1. The highest BCUT2D eigenvalue weighted by Crippen LogP contribution is 2.41. The highest BCUT2D eigenvalue weighted by Gasteiger charge is 2.48. The van der Waals surface area contributed by atoms with Gasteiger partial charge in [0, 0.05) is 18.2 Å². The van der Waals surface area contributed by atoms with Crippen LogP contribution in [-0.2, 0) is 19.1 Å². The van der Waals surface area contributed by atoms with E-state index in [4.69, 9.17) is 10.5 Å². The van der Waals surface area contributed by atoms with E-state index in [0.29, 0.717) is 23.2 Å². The van der Waals surface area contributed by atoms with Gasteiger partial charge in [-0.3, -0.25) is 14.4 Å². The molecule has 1 fully saturated rings. The molecule has 0 radical (unpaired) electrons. The van der Waals surface area contributed by atoms with Crippen LogP contribution in [0.15, 0.2) is 60.7 Å². The lowest BCUT2D eigenvalue weighted by Crippen LogP contribution is -2.53. The van der Waals surface area contributed by atoms with E-state index >= 15 is 0 Å². The van der Waals surface area contributed by atoms with Gasteiger partial charge in [0.2, 0.25) is 11.8 Å². The standard InChI is InChI=1S/C33H40N4O6/c1-19-17-26(19)37(31(41)25(13-15-28(34)39)36-32(42)43-33(3,4)5)29(23-11-14-27(38)20(2)16-23)30(40)35-24-12-10-21-8-6-7-9-22(21)18-24/h6-12,14,16,18-19,25-26,29,38H,13,15,17H2,1-5H3,(H2,34,39)(H,35,40)(H,36,42). The van der Waals surface area contributed by atoms with Gasteiger partial charge in [-0.1, -0.05) is 43.3 Å². The van der Waals surface area contributed by atoms with E-state index in [0.717, 1.165) is 10.8 Å². The number of rotatable bonds is 10. The van der Waals surface area contributed by atoms with Crippen molar-refractivity contribution in [1.29, 1.82) is 0 Å². The van der Waals surface area contributed by atoms with Crippen LogP contribution < -0.4 is 16.4 Å². The summed E-state index contributed by atoms with van der Waals surface area (Å²) in [6.45, 7) is 8.79. The Hall–Kier alpha value is -4.60. The van der Waals surface area contributed by atoms with Crippen molar-refractivity contribution in [3.8, 4) is 5.75 Å². The van der Waals surface area contributed by atoms with Crippen LogP contribution in [0, 0.1) is 12.8 Å². The van der Waals surface area contributed by atoms with Crippen LogP contribution >= 0.6 is 0 Å². The zero-order valence-electron chi connectivity index (χ0n) is 25.2. The van der Waals surface area contributed by atoms with E-state index in [9.17, 15) is 24.3 Å². The molecule has 5 N–H and O–H groups in total. The molecule has 0 heterocycles. The molecular formula is C33H40N4O6. The summed E-state index contributed by atoms with van der Waals surface area (Å²) in [7, 11) is 0. The number of nitrogens with two attached hydrogens (primary N) is 1. The lowest BCUT2D eigenvalue weighted by molar-refractivity contribution is -0.142. The number of nitrogens with one attached hydrogen (secondary N) is 2. The number of primary amides is 1. The van der Waals surface area contributed by atoms with Gasteiger partial charge in [0.25, 0.3) is 5.91 Å². The molecule has 10 nitrogen and oxygen atoms in total. The minimum atomic E-state index is -1.18. The number of amides is 4. The monoisotopic (exact) mass is 588 g/mol. The summed E-state index contributed by atoms with van der Waals surface area (Å²) < 4.78 is 5.39. The summed E-state index contributed by atoms with van der Waals surface area (Å²) in [5.41, 5.74) is 6.16. The fraction of sp³-hybridized carbons (Fsp3) is 0.394. The number of alkyl carbamates (subject to hydrolysis) is 1. The average Bonchev–Trinajstić information content (AvgIpc) is 3.65. The highest BCUT2D eigenvalue weighted by molar-refractivity contribution is 6.00. The first-order chi connectivity index (χ1) is 20.2. The molecule has 4 amide bonds. The molecule has 0 aromatic heterocycles. The Balaban J connectivity index is 1.74. The normalized spacial score (nSPS) is 17.4. The Bertz CT molecular complexity index is 1530. The van der Waals surface area contributed by atoms with Crippen LogP contribution in [0.3, 0.4) is 0 Å². The molecule has 10 heteroatoms. The molecule has 4 unspecified atom stereocenters. The second kappa shape index (κ2) is 12.7. The summed E-state index contributed by atoms with van der Waals surface area (Å²) in [5.74, 6) is -1.48. The van der Waals surface area contributed by atoms with Crippen LogP contribution in [0.25, 0.3) is 10.8 Å². The first-order valence-corrected chi connectivity index (χ1v) is 14.4. The Morgan fingerprint density at radius 3 is 2.33 bits per heavy atom. The van der Waals surface area contributed by atoms with Gasteiger partial charge in [-0.25, -0.2) is 4.79 Å². The van der Waals surface area contributed by atoms with Gasteiger partial charge in [0.05, 0.1) is 0 Å². The van der Waals surface area contributed by atoms with Crippen LogP contribution in [0.5, 0.6) is 5.75 Å². The first kappa shape index (κ1) is 31.3. The number of fused-ring (bicyclic) bond motifs is 1. The number of carbonyl (C=O) groups is 4. The summed E-state index contributed by atoms with van der Waals surface area (Å²) in [6.07, 6.45) is -0.403. The minimum absolute atomic E-state index is 0.0565. The molecule has 1 saturated carbocycles. The van der Waals surface area contributed by atoms with E-state index in [2.05, 4.69) is 10.6 Å². The van der Waals surface area contributed by atoms with Crippen molar-refractivity contribution < 1.29 is 29.0 Å². The number of aryl methyl sites for hydroxylation is 1. The highest BCUT2D eigenvalue weighted by atomic mass is 16.6. The second-order valence-electron chi connectivity index (χ2n) is 12.2. The number of anilines is 1. The predicted octanol–water partition coefficient (Wildman–Crippen LogP) is 4.93. The number of hydrogen-bond acceptors (Lipinski definition) is 6. The summed E-state index contributed by atoms with van der Waals surface area (Å²) in [5, 5.41) is 17.8. The molecule has 4 atom stereocenters. The SMILES string of the molecule is Cc1cc(C(C(=O)Nc2ccc3ccccc3c2)N(C(=O)C(CCC(N)=O)NC(=O)OC(C)(C)C)C2CC2C)ccc1O. The minimum Gasteiger partial charge on any atom is -0.508 e. The smallest absolute Gasteiger partial charge is 0.408 e. The zero-order chi connectivity index (χ0) is 31.5. The number of nitrogens with zero attached hydrogens (tertiary/aromatic N) is 1. The van der Waals surface area contributed by atoms with Gasteiger partial charge in [-0.15, -0.1) is 0 Å². The van der Waals surface area contributed by atoms with Crippen LogP contribution in [0.4, 0.5) is 10.5 Å². The van der Waals surface area contributed by atoms with Gasteiger partial charge < -0.3 is 31.1 Å². The average molecular weight is 589 g/mol. The zero-order valence-corrected chi connectivity index (χ0v) is 25.2. The molecule has 4 rings (SSSR count). The first-order valence-electron chi connectivity index (χ1n) is 14.4. The number of hydrogen-bond donors (Lipinski definition) is 4. The largest absolute Gasteiger partial charge is 0.508 e. The van der Waals surface area contributed by atoms with Crippen LogP contribution in [0.2, 0.25) is 0 Å². The van der Waals surface area contributed by atoms with E-state index in [-0.39, 0.29) is 30.6 Å². The molecule has 0 saturated heterocycles. The van der Waals surface area contributed by atoms with Gasteiger partial charge in [-0.05, 0) is 92.6 Å². The fourth-order valence-electron chi connectivity index (χ4n) is 5.11. The molecule has 228 valence electrons. The molecule has 0 spiro atoms. The fourth-order valence-corrected chi connectivity index (χ4v) is 5.11. The number of carbonyl (C=O) groups excluding carboxylic acids is 4. The maximum atomic E-state index is 14.4. The Kier molecular flexibility index (Phi) is 9.27. The molecule has 3 aromatic rings. The summed E-state index contributed by atoms with van der Waals surface area (Å²) in [6, 6.07) is 15.5. The van der Waals surface area contributed by atoms with E-state index in [1.165, 1.54) is 11.0 Å². The quantitative estimate of drug-likeness (QED) is 0.264. The van der Waals surface area contributed by atoms with Crippen LogP contribution in [0.1, 0.15) is 64.1 Å². The Morgan fingerprint density at radius 2 is 1.72 bits per heavy atom. The molecule has 1 aliphatic rings. The van der Waals surface area contributed by atoms with Crippen molar-refractivity contribution >= 4 is 40.3 Å². The van der Waals surface area contributed by atoms with Crippen molar-refractivity contribution in [3.63, 3.8) is 0 Å². The maximum Gasteiger partial charge on any atom is 0.408 e. The van der Waals surface area contributed by atoms with Gasteiger partial charge in [0.15, 0.2) is 0 Å². The summed E-state index contributed by atoms with van der Waals surface area (Å²) >= 11 is 0. The maximum absolute atomic E-state index is 14.4. The Morgan fingerprint density at radius 1 is 1.05 bits per heavy atom. The summed E-state index contributed by atoms with van der Waals surface area (Å²) in [4.78, 5) is 54.5. The number of benzene rings is 3. The van der Waals surface area contributed by atoms with Gasteiger partial charge in [-0.2, -0.15) is 0 Å².